The number of hydrogen-bond acceptors (Lipinski definition) is 8. The van der Waals surface area contributed by atoms with Crippen LogP contribution in [-0.2, 0) is 4.74 Å². The van der Waals surface area contributed by atoms with Gasteiger partial charge >= 0.3 is 6.09 Å². The average molecular weight is 493 g/mol. The molecular weight excluding hydrogens is 460 g/mol. The van der Waals surface area contributed by atoms with Gasteiger partial charge in [-0.2, -0.15) is 0 Å². The Morgan fingerprint density at radius 3 is 2.36 bits per heavy atom. The number of rotatable bonds is 9. The van der Waals surface area contributed by atoms with E-state index in [1.807, 2.05) is 67.6 Å². The molecule has 190 valence electrons. The molecule has 2 aromatic heterocycles. The van der Waals surface area contributed by atoms with Crippen molar-refractivity contribution in [3.05, 3.63) is 42.5 Å². The molecule has 0 unspecified atom stereocenters. The summed E-state index contributed by atoms with van der Waals surface area (Å²) < 4.78 is 18.3. The molecule has 0 fully saturated rings. The van der Waals surface area contributed by atoms with E-state index < -0.39 is 11.7 Å². The third-order valence-corrected chi connectivity index (χ3v) is 5.42. The fourth-order valence-electron chi connectivity index (χ4n) is 3.82. The number of alkyl carbamates (subject to hydrolysis) is 1. The smallest absolute Gasteiger partial charge is 0.407 e. The number of ether oxygens (including phenoxy) is 3. The number of benzene rings is 2. The summed E-state index contributed by atoms with van der Waals surface area (Å²) in [5.74, 6) is 2.50. The van der Waals surface area contributed by atoms with Crippen molar-refractivity contribution in [3.8, 4) is 22.9 Å². The largest absolute Gasteiger partial charge is 0.493 e. The van der Waals surface area contributed by atoms with E-state index in [1.165, 1.54) is 0 Å². The first kappa shape index (κ1) is 25.0. The molecule has 4 rings (SSSR count). The zero-order chi connectivity index (χ0) is 25.7. The van der Waals surface area contributed by atoms with Gasteiger partial charge in [0.2, 0.25) is 5.65 Å². The Bertz CT molecular complexity index is 1350. The van der Waals surface area contributed by atoms with Crippen molar-refractivity contribution in [2.75, 3.05) is 32.6 Å². The van der Waals surface area contributed by atoms with Crippen LogP contribution in [0.1, 0.15) is 33.6 Å². The van der Waals surface area contributed by atoms with Crippen molar-refractivity contribution < 1.29 is 19.0 Å². The van der Waals surface area contributed by atoms with Crippen molar-refractivity contribution >= 4 is 28.6 Å². The zero-order valence-corrected chi connectivity index (χ0v) is 21.3. The second-order valence-electron chi connectivity index (χ2n) is 9.27. The fourth-order valence-corrected chi connectivity index (χ4v) is 3.82. The Morgan fingerprint density at radius 2 is 1.67 bits per heavy atom. The lowest BCUT2D eigenvalue weighted by Crippen LogP contribution is -2.33. The highest BCUT2D eigenvalue weighted by atomic mass is 16.6. The van der Waals surface area contributed by atoms with E-state index in [4.69, 9.17) is 19.2 Å². The summed E-state index contributed by atoms with van der Waals surface area (Å²) in [6.45, 7) is 6.69. The van der Waals surface area contributed by atoms with Crippen molar-refractivity contribution in [2.45, 2.75) is 39.2 Å². The van der Waals surface area contributed by atoms with Crippen molar-refractivity contribution in [1.82, 2.24) is 24.9 Å². The maximum atomic E-state index is 11.8. The van der Waals surface area contributed by atoms with E-state index in [0.29, 0.717) is 47.4 Å². The first-order chi connectivity index (χ1) is 17.3. The van der Waals surface area contributed by atoms with Crippen LogP contribution in [0, 0.1) is 0 Å². The molecule has 0 bridgehead atoms. The maximum absolute atomic E-state index is 11.8. The predicted molar refractivity (Wildman–Crippen MR) is 139 cm³/mol. The Morgan fingerprint density at radius 1 is 0.972 bits per heavy atom. The number of methoxy groups -OCH3 is 2. The summed E-state index contributed by atoms with van der Waals surface area (Å²) in [4.78, 5) is 16.6. The molecule has 0 radical (unpaired) electrons. The number of fused-ring (bicyclic) bond motifs is 3. The van der Waals surface area contributed by atoms with Gasteiger partial charge in [-0.1, -0.05) is 30.3 Å². The van der Waals surface area contributed by atoms with E-state index in [0.717, 1.165) is 23.9 Å². The van der Waals surface area contributed by atoms with Crippen molar-refractivity contribution in [3.63, 3.8) is 0 Å². The highest BCUT2D eigenvalue weighted by Gasteiger charge is 2.19. The Labute approximate surface area is 210 Å². The molecule has 0 atom stereocenters. The van der Waals surface area contributed by atoms with Gasteiger partial charge in [-0.05, 0) is 33.6 Å². The molecule has 2 aromatic carbocycles. The van der Waals surface area contributed by atoms with Gasteiger partial charge in [-0.25, -0.2) is 9.78 Å². The summed E-state index contributed by atoms with van der Waals surface area (Å²) in [5, 5.41) is 15.1. The molecule has 10 nitrogen and oxygen atoms in total. The van der Waals surface area contributed by atoms with Gasteiger partial charge in [0.05, 0.1) is 25.3 Å². The number of aromatic nitrogens is 4. The van der Waals surface area contributed by atoms with E-state index in [9.17, 15) is 4.79 Å². The Hall–Kier alpha value is -4.08. The minimum atomic E-state index is -0.512. The van der Waals surface area contributed by atoms with Crippen LogP contribution in [-0.4, -0.2) is 58.6 Å². The molecule has 1 amide bonds. The molecule has 2 heterocycles. The standard InChI is InChI=1S/C26H32N6O4/c1-26(2,3)36-25(33)28-14-10-9-13-27-22-24-31-30-23(17-11-7-6-8-12-17)32(24)19-16-21(35-5)20(34-4)15-18(19)29-22/h6-8,11-12,15-16H,9-10,13-14H2,1-5H3,(H,27,29)(H,28,33). The fraction of sp³-hybridized carbons (Fsp3) is 0.385. The Kier molecular flexibility index (Phi) is 7.42. The molecule has 10 heteroatoms. The lowest BCUT2D eigenvalue weighted by Gasteiger charge is -2.19. The molecule has 36 heavy (non-hydrogen) atoms. The van der Waals surface area contributed by atoms with Crippen LogP contribution < -0.4 is 20.1 Å². The summed E-state index contributed by atoms with van der Waals surface area (Å²) >= 11 is 0. The SMILES string of the molecule is COc1cc2nc(NCCCCNC(=O)OC(C)(C)C)c3nnc(-c4ccccc4)n3c2cc1OC. The number of nitrogens with one attached hydrogen (secondary N) is 2. The predicted octanol–water partition coefficient (Wildman–Crippen LogP) is 4.68. The van der Waals surface area contributed by atoms with E-state index in [2.05, 4.69) is 20.8 Å². The van der Waals surface area contributed by atoms with Crippen LogP contribution in [0.3, 0.4) is 0 Å². The number of hydrogen-bond donors (Lipinski definition) is 2. The number of carbonyl (C=O) groups excluding carboxylic acids is 1. The molecule has 0 saturated carbocycles. The highest BCUT2D eigenvalue weighted by molar-refractivity contribution is 5.87. The second kappa shape index (κ2) is 10.7. The van der Waals surface area contributed by atoms with Crippen LogP contribution in [0.2, 0.25) is 0 Å². The second-order valence-corrected chi connectivity index (χ2v) is 9.27. The number of anilines is 1. The first-order valence-electron chi connectivity index (χ1n) is 11.9. The number of nitrogens with zero attached hydrogens (tertiary/aromatic N) is 4. The van der Waals surface area contributed by atoms with Gasteiger partial charge in [0.25, 0.3) is 0 Å². The third-order valence-electron chi connectivity index (χ3n) is 5.42. The van der Waals surface area contributed by atoms with E-state index >= 15 is 0 Å². The number of unbranched alkanes of at least 4 members (excludes halogenated alkanes) is 1. The van der Waals surface area contributed by atoms with Gasteiger partial charge in [0.15, 0.2) is 23.1 Å². The lowest BCUT2D eigenvalue weighted by atomic mass is 10.2. The van der Waals surface area contributed by atoms with Crippen LogP contribution in [0.15, 0.2) is 42.5 Å². The minimum absolute atomic E-state index is 0.408. The molecule has 4 aromatic rings. The lowest BCUT2D eigenvalue weighted by molar-refractivity contribution is 0.0527. The van der Waals surface area contributed by atoms with Crippen molar-refractivity contribution in [2.24, 2.45) is 0 Å². The monoisotopic (exact) mass is 492 g/mol. The quantitative estimate of drug-likeness (QED) is 0.324. The molecule has 0 aliphatic heterocycles. The summed E-state index contributed by atoms with van der Waals surface area (Å²) in [7, 11) is 3.20. The molecule has 0 spiro atoms. The zero-order valence-electron chi connectivity index (χ0n) is 21.3. The minimum Gasteiger partial charge on any atom is -0.493 e. The molecule has 2 N–H and O–H groups in total. The van der Waals surface area contributed by atoms with Crippen LogP contribution in [0.4, 0.5) is 10.6 Å². The molecule has 0 saturated heterocycles. The van der Waals surface area contributed by atoms with Crippen LogP contribution >= 0.6 is 0 Å². The summed E-state index contributed by atoms with van der Waals surface area (Å²) in [5.41, 5.74) is 2.55. The molecule has 0 aliphatic rings. The Balaban J connectivity index is 1.58. The number of carbonyl (C=O) groups is 1. The average Bonchev–Trinajstić information content (AvgIpc) is 3.30. The van der Waals surface area contributed by atoms with Crippen LogP contribution in [0.5, 0.6) is 11.5 Å². The van der Waals surface area contributed by atoms with Gasteiger partial charge < -0.3 is 24.8 Å². The van der Waals surface area contributed by atoms with Gasteiger partial charge in [-0.15, -0.1) is 10.2 Å². The van der Waals surface area contributed by atoms with Gasteiger partial charge in [-0.3, -0.25) is 4.40 Å². The molecular formula is C26H32N6O4. The van der Waals surface area contributed by atoms with Crippen LogP contribution in [0.25, 0.3) is 28.1 Å². The summed E-state index contributed by atoms with van der Waals surface area (Å²) in [6, 6.07) is 13.6. The normalized spacial score (nSPS) is 11.5. The third kappa shape index (κ3) is 5.59. The van der Waals surface area contributed by atoms with E-state index in [-0.39, 0.29) is 0 Å². The highest BCUT2D eigenvalue weighted by Crippen LogP contribution is 2.34. The topological polar surface area (TPSA) is 112 Å². The first-order valence-corrected chi connectivity index (χ1v) is 11.9. The van der Waals surface area contributed by atoms with Crippen molar-refractivity contribution in [1.29, 1.82) is 0 Å². The summed E-state index contributed by atoms with van der Waals surface area (Å²) in [6.07, 6.45) is 1.19. The molecule has 0 aliphatic carbocycles. The maximum Gasteiger partial charge on any atom is 0.407 e. The number of amides is 1. The van der Waals surface area contributed by atoms with E-state index in [1.54, 1.807) is 14.2 Å². The van der Waals surface area contributed by atoms with Gasteiger partial charge in [0, 0.05) is 30.8 Å². The van der Waals surface area contributed by atoms with Gasteiger partial charge in [0.1, 0.15) is 5.60 Å².